The maximum atomic E-state index is 13.3. The SMILES string of the molecule is CC(C)(C)C(=O)N1CCC[C@@H]1c1cc2nc3c(c(=O)n2[nH]1)CN(C1CCCC1)CC3. The average molecular weight is 412 g/mol. The minimum absolute atomic E-state index is 0.00941. The van der Waals surface area contributed by atoms with E-state index in [1.807, 2.05) is 31.7 Å². The first-order chi connectivity index (χ1) is 14.3. The quantitative estimate of drug-likeness (QED) is 0.824. The Morgan fingerprint density at radius 2 is 1.90 bits per heavy atom. The van der Waals surface area contributed by atoms with E-state index >= 15 is 0 Å². The molecule has 0 aromatic carbocycles. The molecule has 0 spiro atoms. The molecule has 30 heavy (non-hydrogen) atoms. The van der Waals surface area contributed by atoms with E-state index < -0.39 is 5.41 Å². The van der Waals surface area contributed by atoms with Crippen molar-refractivity contribution < 1.29 is 4.79 Å². The van der Waals surface area contributed by atoms with E-state index in [9.17, 15) is 9.59 Å². The molecule has 1 N–H and O–H groups in total. The first-order valence-corrected chi connectivity index (χ1v) is 11.5. The lowest BCUT2D eigenvalue weighted by atomic mass is 9.94. The summed E-state index contributed by atoms with van der Waals surface area (Å²) in [5.41, 5.74) is 3.01. The van der Waals surface area contributed by atoms with Crippen LogP contribution in [-0.4, -0.2) is 49.4 Å². The number of H-pyrrole nitrogens is 1. The zero-order chi connectivity index (χ0) is 21.0. The molecular formula is C23H33N5O2. The molecule has 4 heterocycles. The number of carbonyl (C=O) groups is 1. The number of rotatable bonds is 2. The van der Waals surface area contributed by atoms with Gasteiger partial charge in [0.25, 0.3) is 5.56 Å². The largest absolute Gasteiger partial charge is 0.334 e. The first-order valence-electron chi connectivity index (χ1n) is 11.5. The van der Waals surface area contributed by atoms with Crippen LogP contribution in [0, 0.1) is 5.41 Å². The molecule has 7 heteroatoms. The van der Waals surface area contributed by atoms with Crippen LogP contribution in [0.2, 0.25) is 0 Å². The molecule has 1 amide bonds. The Bertz CT molecular complexity index is 1020. The van der Waals surface area contributed by atoms with Crippen molar-refractivity contribution in [2.24, 2.45) is 5.41 Å². The molecule has 1 saturated heterocycles. The van der Waals surface area contributed by atoms with Gasteiger partial charge in [0.1, 0.15) is 0 Å². The molecule has 1 atom stereocenters. The third-order valence-corrected chi connectivity index (χ3v) is 7.17. The van der Waals surface area contributed by atoms with E-state index in [2.05, 4.69) is 10.00 Å². The standard InChI is InChI=1S/C23H33N5O2/c1-23(2,3)22(30)27-11-6-9-19(27)18-13-20-24-17-10-12-26(15-7-4-5-8-15)14-16(17)21(29)28(20)25-18/h13,15,19,25H,4-12,14H2,1-3H3/t19-/m1/s1. The molecule has 5 rings (SSSR count). The number of hydrogen-bond acceptors (Lipinski definition) is 4. The normalized spacial score (nSPS) is 23.4. The molecule has 0 radical (unpaired) electrons. The smallest absolute Gasteiger partial charge is 0.277 e. The van der Waals surface area contributed by atoms with Crippen molar-refractivity contribution >= 4 is 11.6 Å². The molecule has 1 saturated carbocycles. The van der Waals surface area contributed by atoms with Crippen molar-refractivity contribution in [2.75, 3.05) is 13.1 Å². The Labute approximate surface area is 177 Å². The highest BCUT2D eigenvalue weighted by Gasteiger charge is 2.37. The highest BCUT2D eigenvalue weighted by Crippen LogP contribution is 2.35. The number of fused-ring (bicyclic) bond motifs is 2. The molecule has 0 unspecified atom stereocenters. The number of nitrogens with zero attached hydrogens (tertiary/aromatic N) is 4. The lowest BCUT2D eigenvalue weighted by Crippen LogP contribution is -2.41. The summed E-state index contributed by atoms with van der Waals surface area (Å²) < 4.78 is 1.60. The molecule has 2 fully saturated rings. The fraction of sp³-hybridized carbons (Fsp3) is 0.696. The summed E-state index contributed by atoms with van der Waals surface area (Å²) in [6.07, 6.45) is 7.84. The van der Waals surface area contributed by atoms with Gasteiger partial charge in [-0.3, -0.25) is 19.6 Å². The monoisotopic (exact) mass is 411 g/mol. The summed E-state index contributed by atoms with van der Waals surface area (Å²) in [7, 11) is 0. The molecule has 7 nitrogen and oxygen atoms in total. The van der Waals surface area contributed by atoms with Gasteiger partial charge in [-0.25, -0.2) is 9.50 Å². The predicted octanol–water partition coefficient (Wildman–Crippen LogP) is 3.03. The number of aromatic amines is 1. The van der Waals surface area contributed by atoms with Gasteiger partial charge in [-0.15, -0.1) is 0 Å². The number of nitrogens with one attached hydrogen (secondary N) is 1. The van der Waals surface area contributed by atoms with Crippen molar-refractivity contribution in [3.8, 4) is 0 Å². The van der Waals surface area contributed by atoms with Crippen LogP contribution in [0.4, 0.5) is 0 Å². The lowest BCUT2D eigenvalue weighted by molar-refractivity contribution is -0.140. The van der Waals surface area contributed by atoms with Crippen molar-refractivity contribution in [1.29, 1.82) is 0 Å². The van der Waals surface area contributed by atoms with Crippen LogP contribution in [0.1, 0.15) is 82.3 Å². The highest BCUT2D eigenvalue weighted by molar-refractivity contribution is 5.82. The second-order valence-corrected chi connectivity index (χ2v) is 10.3. The summed E-state index contributed by atoms with van der Waals surface area (Å²) >= 11 is 0. The molecular weight excluding hydrogens is 378 g/mol. The van der Waals surface area contributed by atoms with Crippen molar-refractivity contribution in [3.63, 3.8) is 0 Å². The molecule has 0 bridgehead atoms. The van der Waals surface area contributed by atoms with Gasteiger partial charge in [-0.2, -0.15) is 0 Å². The van der Waals surface area contributed by atoms with Crippen molar-refractivity contribution in [1.82, 2.24) is 24.4 Å². The Hall–Kier alpha value is -2.15. The van der Waals surface area contributed by atoms with Crippen LogP contribution in [0.5, 0.6) is 0 Å². The Morgan fingerprint density at radius 3 is 2.63 bits per heavy atom. The van der Waals surface area contributed by atoms with E-state index in [0.29, 0.717) is 18.2 Å². The van der Waals surface area contributed by atoms with Gasteiger partial charge in [-0.1, -0.05) is 33.6 Å². The van der Waals surface area contributed by atoms with Crippen molar-refractivity contribution in [3.05, 3.63) is 33.4 Å². The number of amides is 1. The first kappa shape index (κ1) is 19.8. The summed E-state index contributed by atoms with van der Waals surface area (Å²) in [5, 5.41) is 3.31. The Kier molecular flexibility index (Phi) is 4.76. The van der Waals surface area contributed by atoms with Crippen LogP contribution in [0.3, 0.4) is 0 Å². The topological polar surface area (TPSA) is 73.7 Å². The summed E-state index contributed by atoms with van der Waals surface area (Å²) in [5.74, 6) is 0.162. The second kappa shape index (κ2) is 7.22. The van der Waals surface area contributed by atoms with E-state index in [1.165, 1.54) is 25.7 Å². The molecule has 2 aliphatic heterocycles. The fourth-order valence-electron chi connectivity index (χ4n) is 5.54. The van der Waals surface area contributed by atoms with E-state index in [0.717, 1.165) is 49.3 Å². The summed E-state index contributed by atoms with van der Waals surface area (Å²) in [6, 6.07) is 2.59. The summed E-state index contributed by atoms with van der Waals surface area (Å²) in [6.45, 7) is 8.37. The molecule has 2 aromatic heterocycles. The highest BCUT2D eigenvalue weighted by atomic mass is 16.2. The predicted molar refractivity (Wildman–Crippen MR) is 115 cm³/mol. The lowest BCUT2D eigenvalue weighted by Gasteiger charge is -2.32. The summed E-state index contributed by atoms with van der Waals surface area (Å²) in [4.78, 5) is 35.5. The van der Waals surface area contributed by atoms with Crippen LogP contribution in [0.25, 0.3) is 5.65 Å². The van der Waals surface area contributed by atoms with E-state index in [-0.39, 0.29) is 17.5 Å². The number of hydrogen-bond donors (Lipinski definition) is 1. The van der Waals surface area contributed by atoms with E-state index in [4.69, 9.17) is 4.98 Å². The Balaban J connectivity index is 1.48. The fourth-order valence-corrected chi connectivity index (χ4v) is 5.54. The van der Waals surface area contributed by atoms with Crippen LogP contribution in [-0.2, 0) is 17.8 Å². The molecule has 2 aromatic rings. The van der Waals surface area contributed by atoms with Crippen molar-refractivity contribution in [2.45, 2.75) is 84.3 Å². The third kappa shape index (κ3) is 3.27. The van der Waals surface area contributed by atoms with Gasteiger partial charge >= 0.3 is 0 Å². The van der Waals surface area contributed by atoms with Gasteiger partial charge in [0.2, 0.25) is 5.91 Å². The molecule has 3 aliphatic rings. The van der Waals surface area contributed by atoms with Crippen LogP contribution >= 0.6 is 0 Å². The maximum Gasteiger partial charge on any atom is 0.277 e. The van der Waals surface area contributed by atoms with Gasteiger partial charge in [0.15, 0.2) is 5.65 Å². The van der Waals surface area contributed by atoms with Gasteiger partial charge in [0, 0.05) is 43.6 Å². The maximum absolute atomic E-state index is 13.3. The Morgan fingerprint density at radius 1 is 1.13 bits per heavy atom. The zero-order valence-corrected chi connectivity index (χ0v) is 18.4. The third-order valence-electron chi connectivity index (χ3n) is 7.17. The van der Waals surface area contributed by atoms with Crippen LogP contribution in [0.15, 0.2) is 10.9 Å². The number of aromatic nitrogens is 3. The van der Waals surface area contributed by atoms with E-state index in [1.54, 1.807) is 4.52 Å². The number of likely N-dealkylation sites (tertiary alicyclic amines) is 1. The van der Waals surface area contributed by atoms with Gasteiger partial charge in [0.05, 0.1) is 23.0 Å². The minimum Gasteiger partial charge on any atom is -0.334 e. The minimum atomic E-state index is -0.410. The number of carbonyl (C=O) groups excluding carboxylic acids is 1. The molecule has 1 aliphatic carbocycles. The zero-order valence-electron chi connectivity index (χ0n) is 18.4. The molecule has 162 valence electrons. The second-order valence-electron chi connectivity index (χ2n) is 10.3. The van der Waals surface area contributed by atoms with Crippen LogP contribution < -0.4 is 5.56 Å². The average Bonchev–Trinajstić information content (AvgIpc) is 3.46. The van der Waals surface area contributed by atoms with Gasteiger partial charge < -0.3 is 4.90 Å². The van der Waals surface area contributed by atoms with Gasteiger partial charge in [-0.05, 0) is 25.7 Å².